The molecule has 0 radical (unpaired) electrons. The highest BCUT2D eigenvalue weighted by atomic mass is 32.1. The standard InChI is InChI=1S/C24H24N4OS/c1-3-24(4-2)14-17-12-8-9-13-18(17)20-19(24)21(29)27(15-16-10-6-5-7-11-16)22-25-26-23(30)28(20)22/h5-13H,3-4,14-15H2,1-2H3,(H,26,30). The summed E-state index contributed by atoms with van der Waals surface area (Å²) in [6.45, 7) is 4.82. The average Bonchev–Trinajstić information content (AvgIpc) is 3.17. The fourth-order valence-electron chi connectivity index (χ4n) is 4.96. The maximum Gasteiger partial charge on any atom is 0.259 e. The lowest BCUT2D eigenvalue weighted by atomic mass is 9.66. The first kappa shape index (κ1) is 19.0. The smallest absolute Gasteiger partial charge is 0.259 e. The number of aromatic amines is 1. The molecule has 0 saturated heterocycles. The van der Waals surface area contributed by atoms with Gasteiger partial charge in [0.25, 0.3) is 5.56 Å². The first-order valence-corrected chi connectivity index (χ1v) is 10.9. The van der Waals surface area contributed by atoms with E-state index in [9.17, 15) is 4.79 Å². The molecule has 30 heavy (non-hydrogen) atoms. The van der Waals surface area contributed by atoms with Crippen LogP contribution in [0.4, 0.5) is 0 Å². The molecule has 5 nitrogen and oxygen atoms in total. The van der Waals surface area contributed by atoms with Gasteiger partial charge in [0.15, 0.2) is 0 Å². The zero-order valence-electron chi connectivity index (χ0n) is 17.2. The van der Waals surface area contributed by atoms with Gasteiger partial charge in [-0.25, -0.2) is 5.10 Å². The van der Waals surface area contributed by atoms with E-state index in [0.29, 0.717) is 17.1 Å². The number of fused-ring (bicyclic) bond motifs is 5. The predicted molar refractivity (Wildman–Crippen MR) is 122 cm³/mol. The van der Waals surface area contributed by atoms with Gasteiger partial charge in [0, 0.05) is 16.5 Å². The first-order chi connectivity index (χ1) is 14.6. The van der Waals surface area contributed by atoms with Gasteiger partial charge in [0.05, 0.1) is 12.2 Å². The van der Waals surface area contributed by atoms with Crippen molar-refractivity contribution in [3.63, 3.8) is 0 Å². The number of H-pyrrole nitrogens is 1. The molecule has 0 atom stereocenters. The predicted octanol–water partition coefficient (Wildman–Crippen LogP) is 4.88. The Balaban J connectivity index is 1.93. The molecule has 0 amide bonds. The molecule has 1 aliphatic carbocycles. The normalized spacial score (nSPS) is 14.5. The maximum absolute atomic E-state index is 14.0. The van der Waals surface area contributed by atoms with E-state index in [-0.39, 0.29) is 11.0 Å². The summed E-state index contributed by atoms with van der Waals surface area (Å²) in [5.74, 6) is 0.561. The van der Waals surface area contributed by atoms with Crippen molar-refractivity contribution in [3.8, 4) is 11.3 Å². The summed E-state index contributed by atoms with van der Waals surface area (Å²) in [4.78, 5) is 14.0. The van der Waals surface area contributed by atoms with Gasteiger partial charge in [-0.15, -0.1) is 5.10 Å². The van der Waals surface area contributed by atoms with Crippen LogP contribution < -0.4 is 5.56 Å². The van der Waals surface area contributed by atoms with Crippen molar-refractivity contribution in [1.29, 1.82) is 0 Å². The number of benzene rings is 2. The van der Waals surface area contributed by atoms with Crippen molar-refractivity contribution in [1.82, 2.24) is 19.2 Å². The second-order valence-corrected chi connectivity index (χ2v) is 8.47. The molecule has 0 fully saturated rings. The molecular weight excluding hydrogens is 392 g/mol. The fourth-order valence-corrected chi connectivity index (χ4v) is 5.18. The molecule has 0 spiro atoms. The van der Waals surface area contributed by atoms with Gasteiger partial charge >= 0.3 is 0 Å². The van der Waals surface area contributed by atoms with Crippen LogP contribution in [0.15, 0.2) is 59.4 Å². The monoisotopic (exact) mass is 416 g/mol. The summed E-state index contributed by atoms with van der Waals surface area (Å²) in [6.07, 6.45) is 2.64. The van der Waals surface area contributed by atoms with Crippen LogP contribution in [0.3, 0.4) is 0 Å². The lowest BCUT2D eigenvalue weighted by Crippen LogP contribution is -2.41. The van der Waals surface area contributed by atoms with Gasteiger partial charge in [-0.05, 0) is 42.6 Å². The van der Waals surface area contributed by atoms with Crippen molar-refractivity contribution in [3.05, 3.63) is 86.4 Å². The highest BCUT2D eigenvalue weighted by Gasteiger charge is 2.41. The topological polar surface area (TPSA) is 55.1 Å². The van der Waals surface area contributed by atoms with E-state index in [1.54, 1.807) is 4.57 Å². The van der Waals surface area contributed by atoms with Gasteiger partial charge in [-0.1, -0.05) is 68.4 Å². The summed E-state index contributed by atoms with van der Waals surface area (Å²) in [6, 6.07) is 18.4. The van der Waals surface area contributed by atoms with Gasteiger partial charge in [-0.2, -0.15) is 0 Å². The zero-order valence-corrected chi connectivity index (χ0v) is 18.0. The third kappa shape index (κ3) is 2.63. The van der Waals surface area contributed by atoms with Gasteiger partial charge in [0.1, 0.15) is 0 Å². The molecule has 5 rings (SSSR count). The van der Waals surface area contributed by atoms with Crippen LogP contribution in [-0.2, 0) is 18.4 Å². The summed E-state index contributed by atoms with van der Waals surface area (Å²) >= 11 is 5.65. The van der Waals surface area contributed by atoms with Gasteiger partial charge in [-0.3, -0.25) is 13.8 Å². The summed E-state index contributed by atoms with van der Waals surface area (Å²) in [7, 11) is 0. The van der Waals surface area contributed by atoms with Crippen LogP contribution in [0.1, 0.15) is 43.4 Å². The summed E-state index contributed by atoms with van der Waals surface area (Å²) in [5, 5.41) is 7.39. The summed E-state index contributed by atoms with van der Waals surface area (Å²) < 4.78 is 4.25. The number of aromatic nitrogens is 4. The highest BCUT2D eigenvalue weighted by molar-refractivity contribution is 7.71. The van der Waals surface area contributed by atoms with Crippen LogP contribution in [0.5, 0.6) is 0 Å². The molecule has 152 valence electrons. The zero-order chi connectivity index (χ0) is 20.9. The molecule has 2 aromatic heterocycles. The number of nitrogens with zero attached hydrogens (tertiary/aromatic N) is 3. The molecular formula is C24H24N4OS. The van der Waals surface area contributed by atoms with Crippen LogP contribution in [0.25, 0.3) is 17.0 Å². The Morgan fingerprint density at radius 2 is 1.77 bits per heavy atom. The molecule has 1 aliphatic rings. The van der Waals surface area contributed by atoms with Crippen LogP contribution >= 0.6 is 12.2 Å². The van der Waals surface area contributed by atoms with Crippen molar-refractivity contribution in [2.24, 2.45) is 0 Å². The maximum atomic E-state index is 14.0. The number of nitrogens with one attached hydrogen (secondary N) is 1. The Morgan fingerprint density at radius 1 is 1.07 bits per heavy atom. The largest absolute Gasteiger partial charge is 0.272 e. The highest BCUT2D eigenvalue weighted by Crippen LogP contribution is 2.45. The lowest BCUT2D eigenvalue weighted by molar-refractivity contribution is 0.380. The van der Waals surface area contributed by atoms with E-state index in [2.05, 4.69) is 42.2 Å². The van der Waals surface area contributed by atoms with Crippen molar-refractivity contribution in [2.45, 2.75) is 45.1 Å². The Kier molecular flexibility index (Phi) is 4.47. The van der Waals surface area contributed by atoms with Crippen molar-refractivity contribution in [2.75, 3.05) is 0 Å². The molecule has 4 aromatic rings. The van der Waals surface area contributed by atoms with Crippen LogP contribution in [0, 0.1) is 4.77 Å². The Bertz CT molecular complexity index is 1360. The molecule has 0 bridgehead atoms. The second kappa shape index (κ2) is 7.06. The summed E-state index contributed by atoms with van der Waals surface area (Å²) in [5.41, 5.74) is 4.99. The number of rotatable bonds is 4. The molecule has 2 aromatic carbocycles. The van der Waals surface area contributed by atoms with Gasteiger partial charge < -0.3 is 0 Å². The number of hydrogen-bond donors (Lipinski definition) is 1. The Hall–Kier alpha value is -2.99. The van der Waals surface area contributed by atoms with E-state index in [1.165, 1.54) is 5.56 Å². The Labute approximate surface area is 180 Å². The minimum absolute atomic E-state index is 0.0357. The molecule has 6 heteroatoms. The Morgan fingerprint density at radius 3 is 2.50 bits per heavy atom. The second-order valence-electron chi connectivity index (χ2n) is 8.09. The van der Waals surface area contributed by atoms with Crippen molar-refractivity contribution >= 4 is 18.0 Å². The SMILES string of the molecule is CCC1(CC)Cc2ccccc2-c2c1c(=O)n(Cc1ccccc1)c1n[nH]c(=S)n21. The fraction of sp³-hybridized carbons (Fsp3) is 0.292. The van der Waals surface area contributed by atoms with E-state index in [0.717, 1.165) is 41.6 Å². The number of hydrogen-bond acceptors (Lipinski definition) is 3. The molecule has 0 aliphatic heterocycles. The third-order valence-corrected chi connectivity index (χ3v) is 6.96. The van der Waals surface area contributed by atoms with E-state index >= 15 is 0 Å². The van der Waals surface area contributed by atoms with E-state index in [4.69, 9.17) is 12.2 Å². The minimum atomic E-state index is -0.223. The average molecular weight is 417 g/mol. The molecule has 0 saturated carbocycles. The van der Waals surface area contributed by atoms with E-state index in [1.807, 2.05) is 40.8 Å². The van der Waals surface area contributed by atoms with Crippen LogP contribution in [-0.4, -0.2) is 19.2 Å². The molecule has 0 unspecified atom stereocenters. The minimum Gasteiger partial charge on any atom is -0.272 e. The van der Waals surface area contributed by atoms with Gasteiger partial charge in [0.2, 0.25) is 10.5 Å². The molecule has 1 N–H and O–H groups in total. The third-order valence-electron chi connectivity index (χ3n) is 6.68. The molecule has 2 heterocycles. The quantitative estimate of drug-likeness (QED) is 0.482. The van der Waals surface area contributed by atoms with Crippen molar-refractivity contribution < 1.29 is 0 Å². The van der Waals surface area contributed by atoms with E-state index < -0.39 is 0 Å². The first-order valence-electron chi connectivity index (χ1n) is 10.5. The van der Waals surface area contributed by atoms with Crippen LogP contribution in [0.2, 0.25) is 0 Å². The lowest BCUT2D eigenvalue weighted by Gasteiger charge is -2.38.